The third-order valence-corrected chi connectivity index (χ3v) is 13.0. The number of benzene rings is 4. The quantitative estimate of drug-likeness (QED) is 0.155. The molecular weight excluding hydrogens is 842 g/mol. The van der Waals surface area contributed by atoms with Crippen LogP contribution >= 0.6 is 11.8 Å². The maximum Gasteiger partial charge on any atom is 2.00 e. The SMILES string of the molecule is CC(=O)SCc1ccc(-c2c3nc(c(-c4c(C)cc(C)cc4C)c4ccc([n-]4)c(-c4c(C)cc(C)cc4C)c4nc(c(-c5c(C)cc(C)cc5C)c5ccc2[n-]5)C=C4)C=C3)cc1.[Zn+2]. The Morgan fingerprint density at radius 2 is 0.746 bits per heavy atom. The fourth-order valence-corrected chi connectivity index (χ4v) is 10.4. The van der Waals surface area contributed by atoms with Crippen LogP contribution in [0, 0.1) is 62.3 Å². The minimum Gasteiger partial charge on any atom is -0.657 e. The average molecular weight is 892 g/mol. The van der Waals surface area contributed by atoms with E-state index in [-0.39, 0.29) is 24.6 Å². The van der Waals surface area contributed by atoms with Crippen LogP contribution in [-0.2, 0) is 30.0 Å². The Hall–Kier alpha value is -5.88. The molecule has 2 aliphatic heterocycles. The van der Waals surface area contributed by atoms with Crippen LogP contribution in [0.5, 0.6) is 0 Å². The minimum absolute atomic E-state index is 0. The van der Waals surface area contributed by atoms with Crippen molar-refractivity contribution in [3.8, 4) is 44.5 Å². The van der Waals surface area contributed by atoms with Gasteiger partial charge in [0.05, 0.1) is 22.8 Å². The van der Waals surface area contributed by atoms with Crippen LogP contribution in [0.4, 0.5) is 0 Å². The number of carbonyl (C=O) groups excluding carboxylic acids is 1. The molecule has 9 rings (SSSR count). The molecule has 8 bridgehead atoms. The van der Waals surface area contributed by atoms with Gasteiger partial charge in [0.1, 0.15) is 0 Å². The molecule has 5 heterocycles. The Balaban J connectivity index is 0.00000544. The third kappa shape index (κ3) is 8.25. The molecule has 5 nitrogen and oxygen atoms in total. The van der Waals surface area contributed by atoms with Crippen molar-refractivity contribution in [1.29, 1.82) is 0 Å². The van der Waals surface area contributed by atoms with Crippen LogP contribution in [0.15, 0.2) is 84.9 Å². The van der Waals surface area contributed by atoms with Crippen molar-refractivity contribution in [2.45, 2.75) is 75.0 Å². The third-order valence-electron chi connectivity index (χ3n) is 12.1. The maximum absolute atomic E-state index is 11.8. The molecule has 63 heavy (non-hydrogen) atoms. The fraction of sp³-hybridized carbons (Fsp3) is 0.196. The van der Waals surface area contributed by atoms with Gasteiger partial charge in [0.15, 0.2) is 5.12 Å². The van der Waals surface area contributed by atoms with Crippen LogP contribution in [0.2, 0.25) is 0 Å². The smallest absolute Gasteiger partial charge is 0.657 e. The van der Waals surface area contributed by atoms with Crippen molar-refractivity contribution in [2.24, 2.45) is 0 Å². The van der Waals surface area contributed by atoms with Crippen LogP contribution in [0.1, 0.15) is 85.3 Å². The van der Waals surface area contributed by atoms with Gasteiger partial charge in [0.2, 0.25) is 0 Å². The summed E-state index contributed by atoms with van der Waals surface area (Å²) in [6.07, 6.45) is 8.57. The molecule has 0 fully saturated rings. The minimum atomic E-state index is 0. The molecule has 7 heteroatoms. The predicted octanol–water partition coefficient (Wildman–Crippen LogP) is 14.1. The van der Waals surface area contributed by atoms with E-state index in [1.165, 1.54) is 61.8 Å². The van der Waals surface area contributed by atoms with Gasteiger partial charge >= 0.3 is 19.5 Å². The Kier molecular flexibility index (Phi) is 12.1. The van der Waals surface area contributed by atoms with E-state index in [9.17, 15) is 4.79 Å². The molecule has 2 aliphatic rings. The number of aryl methyl sites for hydroxylation is 9. The van der Waals surface area contributed by atoms with Crippen molar-refractivity contribution < 1.29 is 24.3 Å². The molecular formula is C56H50N4OSZn. The number of carbonyl (C=O) groups is 1. The summed E-state index contributed by atoms with van der Waals surface area (Å²) in [6.45, 7) is 21.2. The van der Waals surface area contributed by atoms with Crippen LogP contribution in [0.25, 0.3) is 90.9 Å². The van der Waals surface area contributed by atoms with Crippen molar-refractivity contribution in [3.63, 3.8) is 0 Å². The molecule has 0 saturated heterocycles. The second-order valence-corrected chi connectivity index (χ2v) is 18.3. The van der Waals surface area contributed by atoms with Gasteiger partial charge in [-0.2, -0.15) is 0 Å². The zero-order chi connectivity index (χ0) is 43.6. The maximum atomic E-state index is 11.8. The molecule has 308 valence electrons. The van der Waals surface area contributed by atoms with Gasteiger partial charge in [-0.3, -0.25) is 4.79 Å². The summed E-state index contributed by atoms with van der Waals surface area (Å²) in [5.41, 5.74) is 26.9. The molecule has 0 atom stereocenters. The second kappa shape index (κ2) is 17.4. The van der Waals surface area contributed by atoms with Gasteiger partial charge in [0.25, 0.3) is 0 Å². The molecule has 0 N–H and O–H groups in total. The van der Waals surface area contributed by atoms with E-state index in [4.69, 9.17) is 19.9 Å². The monoisotopic (exact) mass is 890 g/mol. The summed E-state index contributed by atoms with van der Waals surface area (Å²) in [5.74, 6) is 0.620. The van der Waals surface area contributed by atoms with E-state index < -0.39 is 0 Å². The van der Waals surface area contributed by atoms with Crippen molar-refractivity contribution in [1.82, 2.24) is 19.9 Å². The zero-order valence-corrected chi connectivity index (χ0v) is 41.7. The summed E-state index contributed by atoms with van der Waals surface area (Å²) < 4.78 is 0. The first-order valence-corrected chi connectivity index (χ1v) is 22.3. The van der Waals surface area contributed by atoms with Gasteiger partial charge in [-0.25, -0.2) is 9.97 Å². The number of thioether (sulfide) groups is 1. The Morgan fingerprint density at radius 1 is 0.444 bits per heavy atom. The Morgan fingerprint density at radius 3 is 1.06 bits per heavy atom. The predicted molar refractivity (Wildman–Crippen MR) is 263 cm³/mol. The van der Waals surface area contributed by atoms with Gasteiger partial charge in [-0.05, 0) is 170 Å². The first kappa shape index (κ1) is 43.8. The zero-order valence-electron chi connectivity index (χ0n) is 37.9. The largest absolute Gasteiger partial charge is 2.00 e. The van der Waals surface area contributed by atoms with Crippen LogP contribution < -0.4 is 9.97 Å². The topological polar surface area (TPSA) is 71.1 Å². The molecule has 3 aromatic heterocycles. The van der Waals surface area contributed by atoms with Crippen molar-refractivity contribution >= 4 is 63.2 Å². The molecule has 0 saturated carbocycles. The summed E-state index contributed by atoms with van der Waals surface area (Å²) in [4.78, 5) is 34.0. The van der Waals surface area contributed by atoms with Crippen molar-refractivity contribution in [2.75, 3.05) is 0 Å². The number of fused-ring (bicyclic) bond motifs is 8. The van der Waals surface area contributed by atoms with Crippen molar-refractivity contribution in [3.05, 3.63) is 163 Å². The number of aromatic nitrogens is 4. The normalized spacial score (nSPS) is 11.9. The first-order valence-electron chi connectivity index (χ1n) is 21.3. The standard InChI is InChI=1S/C56H50N4OS.Zn/c1-30-23-33(4)50(34(5)24-30)54-44-17-15-42(57-44)53(41-13-11-40(12-14-41)29-62-39(10)61)43-16-18-45(58-43)55(51-35(6)25-31(2)26-36(51)7)47-20-22-49(60-47)56(48-21-19-46(54)59-48)52-37(8)27-32(3)28-38(52)9;/h11-28H,29H2,1-10H3;/q-2;+2. The van der Waals surface area contributed by atoms with E-state index in [0.717, 1.165) is 94.9 Å². The first-order chi connectivity index (χ1) is 29.7. The molecule has 0 amide bonds. The van der Waals surface area contributed by atoms with E-state index in [2.05, 4.69) is 172 Å². The molecule has 4 aromatic carbocycles. The van der Waals surface area contributed by atoms with Gasteiger partial charge in [-0.1, -0.05) is 113 Å². The van der Waals surface area contributed by atoms with Crippen LogP contribution in [-0.4, -0.2) is 15.1 Å². The number of hydrogen-bond acceptors (Lipinski definition) is 4. The summed E-state index contributed by atoms with van der Waals surface area (Å²) >= 11 is 1.32. The Labute approximate surface area is 388 Å². The molecule has 0 aliphatic carbocycles. The molecule has 0 spiro atoms. The fourth-order valence-electron chi connectivity index (χ4n) is 9.83. The van der Waals surface area contributed by atoms with Crippen LogP contribution in [0.3, 0.4) is 0 Å². The number of rotatable bonds is 6. The Bertz CT molecular complexity index is 3130. The summed E-state index contributed by atoms with van der Waals surface area (Å²) in [6, 6.07) is 30.6. The van der Waals surface area contributed by atoms with Gasteiger partial charge in [0, 0.05) is 12.7 Å². The second-order valence-electron chi connectivity index (χ2n) is 17.2. The van der Waals surface area contributed by atoms with E-state index >= 15 is 0 Å². The van der Waals surface area contributed by atoms with E-state index in [0.29, 0.717) is 5.75 Å². The number of nitrogens with zero attached hydrogens (tertiary/aromatic N) is 4. The molecule has 0 radical (unpaired) electrons. The summed E-state index contributed by atoms with van der Waals surface area (Å²) in [7, 11) is 0. The van der Waals surface area contributed by atoms with Gasteiger partial charge < -0.3 is 9.97 Å². The molecule has 0 unspecified atom stereocenters. The molecule has 7 aromatic rings. The van der Waals surface area contributed by atoms with E-state index in [1.807, 2.05) is 0 Å². The van der Waals surface area contributed by atoms with E-state index in [1.54, 1.807) is 6.92 Å². The average Bonchev–Trinajstić information content (AvgIpc) is 4.04. The van der Waals surface area contributed by atoms with Gasteiger partial charge in [-0.15, -0.1) is 22.1 Å². The summed E-state index contributed by atoms with van der Waals surface area (Å²) in [5, 5.41) is 0.104. The number of hydrogen-bond donors (Lipinski definition) is 0.